The Morgan fingerprint density at radius 1 is 0.846 bits per heavy atom. The van der Waals surface area contributed by atoms with E-state index in [1.165, 1.54) is 0 Å². The Hall–Kier alpha value is -0.498. The predicted octanol–water partition coefficient (Wildman–Crippen LogP) is 1.13. The van der Waals surface area contributed by atoms with Gasteiger partial charge in [-0.2, -0.15) is 20.8 Å². The first kappa shape index (κ1) is 15.0. The van der Waals surface area contributed by atoms with E-state index in [0.717, 1.165) is 0 Å². The summed E-state index contributed by atoms with van der Waals surface area (Å²) in [7, 11) is 0. The molecule has 5 heteroatoms. The Morgan fingerprint density at radius 2 is 1.08 bits per heavy atom. The molecule has 70 valence electrons. The van der Waals surface area contributed by atoms with Crippen LogP contribution in [0.4, 0.5) is 0 Å². The van der Waals surface area contributed by atoms with Crippen LogP contribution >= 0.6 is 0 Å². The van der Waals surface area contributed by atoms with Gasteiger partial charge in [0.25, 0.3) is 0 Å². The molecular formula is C8H14N4Pb. The maximum absolute atomic E-state index is 8.58. The summed E-state index contributed by atoms with van der Waals surface area (Å²) in [5.41, 5.74) is -1.68. The van der Waals surface area contributed by atoms with Crippen molar-refractivity contribution in [1.82, 2.24) is 0 Å². The van der Waals surface area contributed by atoms with Gasteiger partial charge >= 0.3 is 27.3 Å². The predicted molar refractivity (Wildman–Crippen MR) is 52.8 cm³/mol. The first-order valence-electron chi connectivity index (χ1n) is 3.59. The second kappa shape index (κ2) is 5.28. The van der Waals surface area contributed by atoms with Gasteiger partial charge in [-0.25, -0.2) is 0 Å². The van der Waals surface area contributed by atoms with E-state index < -0.39 is 11.1 Å². The molecule has 0 bridgehead atoms. The summed E-state index contributed by atoms with van der Waals surface area (Å²) in [6.07, 6.45) is 0. The van der Waals surface area contributed by atoms with E-state index in [1.807, 2.05) is 12.1 Å². The zero-order valence-electron chi connectivity index (χ0n) is 8.50. The van der Waals surface area contributed by atoms with Gasteiger partial charge < -0.3 is 0 Å². The summed E-state index contributed by atoms with van der Waals surface area (Å²) in [5.74, 6) is 0. The van der Waals surface area contributed by atoms with Crippen molar-refractivity contribution in [1.29, 1.82) is 10.5 Å². The monoisotopic (exact) mass is 374 g/mol. The van der Waals surface area contributed by atoms with E-state index in [9.17, 15) is 0 Å². The van der Waals surface area contributed by atoms with E-state index in [1.54, 1.807) is 27.7 Å². The minimum atomic E-state index is -0.839. The van der Waals surface area contributed by atoms with Crippen LogP contribution in [0.1, 0.15) is 27.7 Å². The van der Waals surface area contributed by atoms with Gasteiger partial charge in [0.1, 0.15) is 0 Å². The molecule has 0 fully saturated rings. The van der Waals surface area contributed by atoms with Gasteiger partial charge in [0.15, 0.2) is 11.1 Å². The van der Waals surface area contributed by atoms with Crippen LogP contribution in [0.15, 0.2) is 10.2 Å². The molecule has 2 radical (unpaired) electrons. The van der Waals surface area contributed by atoms with Crippen LogP contribution in [0.5, 0.6) is 0 Å². The number of hydrogen-bond acceptors (Lipinski definition) is 4. The van der Waals surface area contributed by atoms with E-state index in [0.29, 0.717) is 0 Å². The topological polar surface area (TPSA) is 72.3 Å². The molecule has 0 aliphatic heterocycles. The van der Waals surface area contributed by atoms with Gasteiger partial charge in [-0.1, -0.05) is 0 Å². The molecule has 4 nitrogen and oxygen atoms in total. The third-order valence-electron chi connectivity index (χ3n) is 1.10. The van der Waals surface area contributed by atoms with Gasteiger partial charge in [0.2, 0.25) is 0 Å². The zero-order valence-corrected chi connectivity index (χ0v) is 14.0. The van der Waals surface area contributed by atoms with Crippen LogP contribution in [0.2, 0.25) is 0 Å². The Morgan fingerprint density at radius 3 is 1.23 bits per heavy atom. The molecule has 0 aromatic heterocycles. The van der Waals surface area contributed by atoms with E-state index in [-0.39, 0.29) is 27.3 Å². The molecular weight excluding hydrogens is 359 g/mol. The number of rotatable bonds is 2. The van der Waals surface area contributed by atoms with Crippen LogP contribution in [-0.2, 0) is 0 Å². The third-order valence-corrected chi connectivity index (χ3v) is 1.10. The van der Waals surface area contributed by atoms with Crippen molar-refractivity contribution in [3.63, 3.8) is 0 Å². The average Bonchev–Trinajstić information content (AvgIpc) is 2.02. The first-order chi connectivity index (χ1) is 5.33. The van der Waals surface area contributed by atoms with Crippen molar-refractivity contribution < 1.29 is 0 Å². The summed E-state index contributed by atoms with van der Waals surface area (Å²) in [5, 5.41) is 24.7. The summed E-state index contributed by atoms with van der Waals surface area (Å²) in [6, 6.07) is 3.94. The molecule has 0 aliphatic rings. The average molecular weight is 373 g/mol. The molecule has 0 heterocycles. The number of nitrogens with zero attached hydrogens (tertiary/aromatic N) is 4. The zero-order chi connectivity index (χ0) is 9.83. The van der Waals surface area contributed by atoms with Crippen molar-refractivity contribution >= 4 is 27.3 Å². The molecule has 0 spiro atoms. The molecule has 0 saturated heterocycles. The van der Waals surface area contributed by atoms with Crippen molar-refractivity contribution in [2.45, 2.75) is 38.8 Å². The second-order valence-electron chi connectivity index (χ2n) is 3.54. The fourth-order valence-corrected chi connectivity index (χ4v) is 0.295. The van der Waals surface area contributed by atoms with Crippen LogP contribution in [0.25, 0.3) is 0 Å². The van der Waals surface area contributed by atoms with Crippen molar-refractivity contribution in [2.75, 3.05) is 0 Å². The van der Waals surface area contributed by atoms with Crippen molar-refractivity contribution in [3.05, 3.63) is 0 Å². The third kappa shape index (κ3) is 6.64. The normalized spacial score (nSPS) is 11.5. The van der Waals surface area contributed by atoms with Crippen LogP contribution in [0.3, 0.4) is 0 Å². The molecule has 0 N–H and O–H groups in total. The van der Waals surface area contributed by atoms with E-state index in [4.69, 9.17) is 10.5 Å². The molecule has 0 aromatic rings. The van der Waals surface area contributed by atoms with Crippen LogP contribution in [-0.4, -0.2) is 38.4 Å². The summed E-state index contributed by atoms with van der Waals surface area (Å²) < 4.78 is 0. The maximum atomic E-state index is 8.58. The number of nitriles is 2. The quantitative estimate of drug-likeness (QED) is 0.538. The Bertz CT molecular complexity index is 239. The first-order valence-corrected chi connectivity index (χ1v) is 3.59. The SMILES string of the molecule is CC(C)(C#N)N=NC(C)(C)C#N.[PbH2]. The summed E-state index contributed by atoms with van der Waals surface area (Å²) in [6.45, 7) is 6.57. The molecule has 0 atom stereocenters. The van der Waals surface area contributed by atoms with Gasteiger partial charge in [-0.3, -0.25) is 0 Å². The number of hydrogen-bond donors (Lipinski definition) is 0. The molecule has 13 heavy (non-hydrogen) atoms. The molecule has 0 saturated carbocycles. The van der Waals surface area contributed by atoms with Crippen molar-refractivity contribution in [3.8, 4) is 12.1 Å². The fourth-order valence-electron chi connectivity index (χ4n) is 0.295. The summed E-state index contributed by atoms with van der Waals surface area (Å²) in [4.78, 5) is 0. The molecule has 0 aromatic carbocycles. The van der Waals surface area contributed by atoms with E-state index in [2.05, 4.69) is 10.2 Å². The molecule has 0 aliphatic carbocycles. The van der Waals surface area contributed by atoms with Crippen LogP contribution < -0.4 is 0 Å². The summed E-state index contributed by atoms with van der Waals surface area (Å²) >= 11 is 0. The van der Waals surface area contributed by atoms with Gasteiger partial charge in [-0.05, 0) is 27.7 Å². The molecule has 0 unspecified atom stereocenters. The van der Waals surface area contributed by atoms with Gasteiger partial charge in [0.05, 0.1) is 12.1 Å². The van der Waals surface area contributed by atoms with Gasteiger partial charge in [-0.15, -0.1) is 0 Å². The minimum absolute atomic E-state index is 0. The Labute approximate surface area is 98.8 Å². The van der Waals surface area contributed by atoms with E-state index >= 15 is 0 Å². The molecule has 0 rings (SSSR count). The Balaban J connectivity index is 0. The molecule has 0 amide bonds. The van der Waals surface area contributed by atoms with Gasteiger partial charge in [0, 0.05) is 0 Å². The number of azo groups is 1. The Kier molecular flexibility index (Phi) is 6.09. The van der Waals surface area contributed by atoms with Crippen molar-refractivity contribution in [2.24, 2.45) is 10.2 Å². The standard InChI is InChI=1S/C8H12N4.Pb.2H/c1-7(2,5-9)11-12-8(3,4)6-10;;;/h1-4H3;;;. The fraction of sp³-hybridized carbons (Fsp3) is 0.750. The van der Waals surface area contributed by atoms with Crippen LogP contribution in [0, 0.1) is 22.7 Å². The second-order valence-corrected chi connectivity index (χ2v) is 3.54.